The summed E-state index contributed by atoms with van der Waals surface area (Å²) in [6, 6.07) is 11.7. The lowest BCUT2D eigenvalue weighted by molar-refractivity contribution is -0.235. The van der Waals surface area contributed by atoms with Gasteiger partial charge in [-0.2, -0.15) is 0 Å². The van der Waals surface area contributed by atoms with Crippen LogP contribution in [0.4, 0.5) is 19.3 Å². The molecule has 2 heterocycles. The van der Waals surface area contributed by atoms with E-state index in [-0.39, 0.29) is 31.3 Å². The number of allylic oxidation sites excluding steroid dienone is 4. The van der Waals surface area contributed by atoms with Gasteiger partial charge in [0.15, 0.2) is 29.1 Å². The maximum atomic E-state index is 17.8. The fourth-order valence-electron chi connectivity index (χ4n) is 11.9. The molecule has 0 radical (unpaired) electrons. The van der Waals surface area contributed by atoms with Crippen LogP contribution in [0.25, 0.3) is 0 Å². The number of nitrogens with zero attached hydrogens (tertiary/aromatic N) is 1. The van der Waals surface area contributed by atoms with Crippen LogP contribution in [0.15, 0.2) is 84.9 Å². The number of Topliss-reactive ketones (excluding diaryl/α,β-unsaturated/α-hetero) is 1. The number of aliphatic hydroxyl groups is 3. The molecule has 71 heavy (non-hydrogen) atoms. The van der Waals surface area contributed by atoms with Gasteiger partial charge in [0.25, 0.3) is 0 Å². The Kier molecular flexibility index (Phi) is 14.1. The molecule has 382 valence electrons. The minimum Gasteiger partial charge on any atom is -0.444 e. The minimum atomic E-state index is -2.36. The molecule has 4 fully saturated rings. The molecular weight excluding hydrogens is 923 g/mol. The highest BCUT2D eigenvalue weighted by atomic mass is 19.1. The number of amides is 3. The average molecular weight is 987 g/mol. The minimum absolute atomic E-state index is 0.000725. The van der Waals surface area contributed by atoms with Crippen molar-refractivity contribution in [2.75, 3.05) is 11.9 Å². The number of alkyl halides is 2. The highest BCUT2D eigenvalue weighted by Crippen LogP contribution is 2.72. The molecule has 3 saturated carbocycles. The van der Waals surface area contributed by atoms with Gasteiger partial charge >= 0.3 is 6.09 Å². The number of benzene rings is 2. The Hall–Kier alpha value is -5.70. The van der Waals surface area contributed by atoms with Gasteiger partial charge in [-0.1, -0.05) is 49.4 Å². The van der Waals surface area contributed by atoms with E-state index < -0.39 is 125 Å². The zero-order valence-corrected chi connectivity index (χ0v) is 40.8. The van der Waals surface area contributed by atoms with Gasteiger partial charge in [0, 0.05) is 46.3 Å². The smallest absolute Gasteiger partial charge is 0.408 e. The predicted octanol–water partition coefficient (Wildman–Crippen LogP) is 4.52. The van der Waals surface area contributed by atoms with Crippen molar-refractivity contribution in [1.82, 2.24) is 25.9 Å². The Morgan fingerprint density at radius 1 is 1.01 bits per heavy atom. The first-order chi connectivity index (χ1) is 33.4. The number of fused-ring (bicyclic) bond motifs is 7. The van der Waals surface area contributed by atoms with Crippen molar-refractivity contribution in [2.45, 2.75) is 146 Å². The summed E-state index contributed by atoms with van der Waals surface area (Å²) in [6.45, 7) is 10.6. The van der Waals surface area contributed by atoms with Gasteiger partial charge < -0.3 is 50.5 Å². The first-order valence-corrected chi connectivity index (χ1v) is 24.1. The van der Waals surface area contributed by atoms with Gasteiger partial charge in [-0.25, -0.2) is 18.6 Å². The first-order valence-electron chi connectivity index (χ1n) is 24.1. The molecule has 3 amide bonds. The molecule has 1 aromatic heterocycles. The monoisotopic (exact) mass is 986 g/mol. The van der Waals surface area contributed by atoms with Crippen LogP contribution < -0.4 is 21.3 Å². The van der Waals surface area contributed by atoms with Crippen LogP contribution in [0.3, 0.4) is 0 Å². The predicted molar refractivity (Wildman–Crippen MR) is 254 cm³/mol. The van der Waals surface area contributed by atoms with Crippen LogP contribution in [0.5, 0.6) is 0 Å². The third kappa shape index (κ3) is 9.47. The Labute approximate surface area is 410 Å². The summed E-state index contributed by atoms with van der Waals surface area (Å²) >= 11 is 0. The summed E-state index contributed by atoms with van der Waals surface area (Å²) in [6.07, 6.45) is -0.671. The van der Waals surface area contributed by atoms with E-state index in [1.165, 1.54) is 31.6 Å². The van der Waals surface area contributed by atoms with Gasteiger partial charge in [0.1, 0.15) is 30.6 Å². The van der Waals surface area contributed by atoms with Crippen LogP contribution in [0.1, 0.15) is 96.4 Å². The van der Waals surface area contributed by atoms with Crippen LogP contribution in [0.2, 0.25) is 0 Å². The summed E-state index contributed by atoms with van der Waals surface area (Å²) in [7, 11) is 0. The number of ether oxygens (including phenoxy) is 3. The van der Waals surface area contributed by atoms with E-state index in [0.717, 1.165) is 17.2 Å². The number of H-pyrrole nitrogens is 1. The van der Waals surface area contributed by atoms with Gasteiger partial charge in [0.05, 0.1) is 30.6 Å². The SMILES string of the molecule is C[C@H](NC(O)[C@H](C)NC(=O)[C@H](Cc1cnc[nH]1)NC(=O)OC(C)(C)C)C(=O)Nc1cccc(Cc2ccc([C@@H]3O[C@@H]4C[C@H]5[C@@H]6C[C@H](F)C7=CC(=O)C=C[C@]7(C)[C@@]6(F)[C@@H](O)C[C@]5(C)[C@]4(C(=O)CO)O3)cc2)c1. The highest BCUT2D eigenvalue weighted by Gasteiger charge is 2.80. The molecule has 1 unspecified atom stereocenters. The van der Waals surface area contributed by atoms with Crippen molar-refractivity contribution in [2.24, 2.45) is 22.7 Å². The Bertz CT molecular complexity index is 2590. The number of carbonyl (C=O) groups excluding carboxylic acids is 5. The quantitative estimate of drug-likeness (QED) is 0.0978. The van der Waals surface area contributed by atoms with E-state index in [1.54, 1.807) is 65.8 Å². The molecule has 17 nitrogen and oxygen atoms in total. The number of imidazole rings is 1. The maximum Gasteiger partial charge on any atom is 0.408 e. The molecule has 0 bridgehead atoms. The average Bonchev–Trinajstić information content (AvgIpc) is 4.03. The molecular formula is C52H64F2N6O11. The zero-order valence-electron chi connectivity index (χ0n) is 40.8. The fourth-order valence-corrected chi connectivity index (χ4v) is 11.9. The third-order valence-electron chi connectivity index (χ3n) is 15.4. The van der Waals surface area contributed by atoms with Gasteiger partial charge in [-0.05, 0) is 114 Å². The molecule has 4 aliphatic carbocycles. The Morgan fingerprint density at radius 2 is 1.75 bits per heavy atom. The van der Waals surface area contributed by atoms with Crippen LogP contribution in [0, 0.1) is 22.7 Å². The number of hydrogen-bond donors (Lipinski definition) is 8. The number of anilines is 1. The molecule has 0 spiro atoms. The van der Waals surface area contributed by atoms with E-state index in [0.29, 0.717) is 23.4 Å². The van der Waals surface area contributed by atoms with Crippen molar-refractivity contribution in [1.29, 1.82) is 0 Å². The Balaban J connectivity index is 0.879. The molecule has 14 atom stereocenters. The standard InChI is InChI=1S/C52H64F2N6O11/c1-27(58-45(67)39(19-33-24-55-26-56-33)60-47(68)71-48(3,4)5)43(65)57-28(2)44(66)59-32-10-8-9-30(18-32)17-29-11-13-31(14-12-29)46-69-42-22-35-36-21-38(53)37-20-34(62)15-16-49(37,6)51(36,54)40(63)23-50(35,7)52(42,70-46)41(64)25-61/h8-16,18,20,24,26-28,35-36,38-40,42-43,46,57,61,63,65H,17,19,21-23,25H2,1-7H3,(H,55,56)(H,58,67)(H,59,66)(H,60,68)/t27-,28-,35-,36-,38-,39-,40-,42+,43?,46+,49-,50-,51-,52+/m0/s1. The lowest BCUT2D eigenvalue weighted by Gasteiger charge is -2.63. The van der Waals surface area contributed by atoms with Crippen molar-refractivity contribution in [3.05, 3.63) is 107 Å². The summed E-state index contributed by atoms with van der Waals surface area (Å²) < 4.78 is 52.3. The molecule has 1 aliphatic heterocycles. The number of aromatic nitrogens is 2. The number of nitrogens with one attached hydrogen (secondary N) is 5. The van der Waals surface area contributed by atoms with Crippen LogP contribution >= 0.6 is 0 Å². The Morgan fingerprint density at radius 3 is 2.42 bits per heavy atom. The van der Waals surface area contributed by atoms with Crippen molar-refractivity contribution in [3.8, 4) is 0 Å². The van der Waals surface area contributed by atoms with Crippen LogP contribution in [-0.4, -0.2) is 121 Å². The van der Waals surface area contributed by atoms with Crippen LogP contribution in [-0.2, 0) is 46.2 Å². The van der Waals surface area contributed by atoms with Crippen molar-refractivity contribution in [3.63, 3.8) is 0 Å². The van der Waals surface area contributed by atoms with Gasteiger partial charge in [-0.15, -0.1) is 0 Å². The molecule has 8 N–H and O–H groups in total. The number of ketones is 2. The van der Waals surface area contributed by atoms with E-state index in [2.05, 4.69) is 31.2 Å². The van der Waals surface area contributed by atoms with E-state index in [9.17, 15) is 39.3 Å². The molecule has 19 heteroatoms. The third-order valence-corrected chi connectivity index (χ3v) is 15.4. The second kappa shape index (κ2) is 19.4. The van der Waals surface area contributed by atoms with Crippen molar-refractivity contribution < 1.29 is 62.3 Å². The molecule has 2 aromatic carbocycles. The zero-order chi connectivity index (χ0) is 51.4. The maximum absolute atomic E-state index is 17.8. The lowest BCUT2D eigenvalue weighted by atomic mass is 9.44. The van der Waals surface area contributed by atoms with Crippen molar-refractivity contribution >= 4 is 35.2 Å². The molecule has 8 rings (SSSR count). The lowest BCUT2D eigenvalue weighted by Crippen LogP contribution is -2.70. The summed E-state index contributed by atoms with van der Waals surface area (Å²) in [5.41, 5.74) is -4.37. The van der Waals surface area contributed by atoms with E-state index in [1.807, 2.05) is 24.3 Å². The summed E-state index contributed by atoms with van der Waals surface area (Å²) in [5.74, 6) is -3.90. The number of hydrogen-bond acceptors (Lipinski definition) is 13. The molecule has 1 saturated heterocycles. The summed E-state index contributed by atoms with van der Waals surface area (Å²) in [4.78, 5) is 72.3. The van der Waals surface area contributed by atoms with Gasteiger partial charge in [0.2, 0.25) is 11.8 Å². The van der Waals surface area contributed by atoms with E-state index >= 15 is 8.78 Å². The highest BCUT2D eigenvalue weighted by molar-refractivity contribution is 6.01. The molecule has 3 aromatic rings. The number of rotatable bonds is 15. The number of aliphatic hydroxyl groups excluding tert-OH is 3. The van der Waals surface area contributed by atoms with Gasteiger partial charge in [-0.3, -0.25) is 24.5 Å². The second-order valence-electron chi connectivity index (χ2n) is 21.2. The number of aromatic amines is 1. The fraction of sp³-hybridized carbons (Fsp3) is 0.538. The molecule has 5 aliphatic rings. The number of alkyl carbamates (subject to hydrolysis) is 1. The van der Waals surface area contributed by atoms with E-state index in [4.69, 9.17) is 14.2 Å². The number of carbonyl (C=O) groups is 5. The first kappa shape index (κ1) is 51.6. The number of halogens is 2. The second-order valence-corrected chi connectivity index (χ2v) is 21.2. The largest absolute Gasteiger partial charge is 0.444 e. The topological polar surface area (TPSA) is 251 Å². The normalized spacial score (nSPS) is 32.5. The summed E-state index contributed by atoms with van der Waals surface area (Å²) in [5, 5.41) is 44.1.